The van der Waals surface area contributed by atoms with Crippen molar-refractivity contribution in [2.24, 2.45) is 5.90 Å². The van der Waals surface area contributed by atoms with E-state index in [1.807, 2.05) is 18.2 Å². The fourth-order valence-electron chi connectivity index (χ4n) is 1.45. The van der Waals surface area contributed by atoms with Crippen LogP contribution in [0.25, 0.3) is 0 Å². The maximum absolute atomic E-state index is 5.24. The van der Waals surface area contributed by atoms with Crippen molar-refractivity contribution in [2.45, 2.75) is 13.0 Å². The van der Waals surface area contributed by atoms with E-state index in [4.69, 9.17) is 15.4 Å². The lowest BCUT2D eigenvalue weighted by Gasteiger charge is -2.09. The summed E-state index contributed by atoms with van der Waals surface area (Å²) in [6.45, 7) is 1.08. The van der Waals surface area contributed by atoms with Crippen LogP contribution in [0.4, 0.5) is 0 Å². The van der Waals surface area contributed by atoms with Gasteiger partial charge in [0.2, 0.25) is 0 Å². The van der Waals surface area contributed by atoms with Gasteiger partial charge in [-0.2, -0.15) is 0 Å². The third-order valence-electron chi connectivity index (χ3n) is 2.15. The quantitative estimate of drug-likeness (QED) is 0.720. The lowest BCUT2D eigenvalue weighted by Crippen LogP contribution is -2.05. The van der Waals surface area contributed by atoms with E-state index in [-0.39, 0.29) is 0 Å². The maximum Gasteiger partial charge on any atom is 0.122 e. The molecular formula is C11H17NO3. The fraction of sp³-hybridized carbons (Fsp3) is 0.455. The zero-order chi connectivity index (χ0) is 11.1. The van der Waals surface area contributed by atoms with E-state index >= 15 is 0 Å². The molecule has 0 heterocycles. The Balaban J connectivity index is 2.81. The first-order valence-electron chi connectivity index (χ1n) is 4.78. The van der Waals surface area contributed by atoms with Crippen molar-refractivity contribution in [1.82, 2.24) is 0 Å². The zero-order valence-electron chi connectivity index (χ0n) is 9.16. The summed E-state index contributed by atoms with van der Waals surface area (Å²) in [7, 11) is 3.32. The molecule has 1 rings (SSSR count). The van der Waals surface area contributed by atoms with E-state index in [9.17, 15) is 0 Å². The minimum Gasteiger partial charge on any atom is -0.496 e. The van der Waals surface area contributed by atoms with Gasteiger partial charge in [-0.1, -0.05) is 6.07 Å². The molecule has 0 radical (unpaired) electrons. The van der Waals surface area contributed by atoms with E-state index < -0.39 is 0 Å². The molecule has 0 saturated heterocycles. The molecule has 4 nitrogen and oxygen atoms in total. The lowest BCUT2D eigenvalue weighted by molar-refractivity contribution is 0.140. The van der Waals surface area contributed by atoms with Crippen LogP contribution in [0.3, 0.4) is 0 Å². The molecule has 0 aliphatic rings. The Morgan fingerprint density at radius 1 is 1.27 bits per heavy atom. The predicted molar refractivity (Wildman–Crippen MR) is 57.6 cm³/mol. The highest BCUT2D eigenvalue weighted by molar-refractivity contribution is 5.37. The van der Waals surface area contributed by atoms with Crippen LogP contribution in [0.2, 0.25) is 0 Å². The van der Waals surface area contributed by atoms with Crippen LogP contribution in [0.15, 0.2) is 18.2 Å². The van der Waals surface area contributed by atoms with E-state index in [0.717, 1.165) is 23.3 Å². The van der Waals surface area contributed by atoms with Crippen molar-refractivity contribution >= 4 is 0 Å². The molecule has 84 valence electrons. The molecule has 0 aromatic heterocycles. The Kier molecular flexibility index (Phi) is 5.10. The van der Waals surface area contributed by atoms with E-state index in [0.29, 0.717) is 13.2 Å². The SMILES string of the molecule is COCc1ccc(OC)c(CCON)c1. The summed E-state index contributed by atoms with van der Waals surface area (Å²) in [5.41, 5.74) is 2.20. The van der Waals surface area contributed by atoms with Crippen molar-refractivity contribution in [2.75, 3.05) is 20.8 Å². The highest BCUT2D eigenvalue weighted by Crippen LogP contribution is 2.20. The lowest BCUT2D eigenvalue weighted by atomic mass is 10.1. The molecule has 0 aliphatic carbocycles. The Labute approximate surface area is 89.9 Å². The van der Waals surface area contributed by atoms with Gasteiger partial charge >= 0.3 is 0 Å². The number of rotatable bonds is 6. The van der Waals surface area contributed by atoms with Gasteiger partial charge in [0.15, 0.2) is 0 Å². The average Bonchev–Trinajstić information content (AvgIpc) is 2.27. The molecule has 2 N–H and O–H groups in total. The highest BCUT2D eigenvalue weighted by atomic mass is 16.6. The second kappa shape index (κ2) is 6.40. The van der Waals surface area contributed by atoms with Gasteiger partial charge in [0, 0.05) is 13.5 Å². The normalized spacial score (nSPS) is 10.3. The predicted octanol–water partition coefficient (Wildman–Crippen LogP) is 1.27. The summed E-state index contributed by atoms with van der Waals surface area (Å²) < 4.78 is 10.3. The monoisotopic (exact) mass is 211 g/mol. The van der Waals surface area contributed by atoms with Crippen LogP contribution >= 0.6 is 0 Å². The molecule has 0 fully saturated rings. The molecule has 15 heavy (non-hydrogen) atoms. The van der Waals surface area contributed by atoms with Crippen LogP contribution in [0.1, 0.15) is 11.1 Å². The maximum atomic E-state index is 5.24. The van der Waals surface area contributed by atoms with Gasteiger partial charge in [0.05, 0.1) is 20.3 Å². The molecule has 0 spiro atoms. The summed E-state index contributed by atoms with van der Waals surface area (Å²) in [5, 5.41) is 0. The molecule has 0 aliphatic heterocycles. The summed E-state index contributed by atoms with van der Waals surface area (Å²) in [5.74, 6) is 5.85. The number of benzene rings is 1. The Bertz CT molecular complexity index is 302. The topological polar surface area (TPSA) is 53.7 Å². The molecule has 0 unspecified atom stereocenters. The third kappa shape index (κ3) is 3.51. The third-order valence-corrected chi connectivity index (χ3v) is 2.15. The molecule has 1 aromatic rings. The first kappa shape index (κ1) is 12.0. The van der Waals surface area contributed by atoms with E-state index in [1.54, 1.807) is 14.2 Å². The molecule has 1 aromatic carbocycles. The number of hydrogen-bond acceptors (Lipinski definition) is 4. The van der Waals surface area contributed by atoms with Crippen LogP contribution in [0.5, 0.6) is 5.75 Å². The van der Waals surface area contributed by atoms with Crippen LogP contribution in [-0.4, -0.2) is 20.8 Å². The van der Waals surface area contributed by atoms with Gasteiger partial charge in [-0.15, -0.1) is 0 Å². The molecule has 0 saturated carbocycles. The van der Waals surface area contributed by atoms with Gasteiger partial charge in [-0.05, 0) is 23.3 Å². The van der Waals surface area contributed by atoms with Crippen LogP contribution in [-0.2, 0) is 22.6 Å². The fourth-order valence-corrected chi connectivity index (χ4v) is 1.45. The number of hydrogen-bond donors (Lipinski definition) is 1. The first-order chi connectivity index (χ1) is 7.31. The second-order valence-corrected chi connectivity index (χ2v) is 3.20. The smallest absolute Gasteiger partial charge is 0.122 e. The largest absolute Gasteiger partial charge is 0.496 e. The summed E-state index contributed by atoms with van der Waals surface area (Å²) in [6.07, 6.45) is 0.733. The summed E-state index contributed by atoms with van der Waals surface area (Å²) in [6, 6.07) is 5.96. The average molecular weight is 211 g/mol. The second-order valence-electron chi connectivity index (χ2n) is 3.20. The molecule has 4 heteroatoms. The Hall–Kier alpha value is -1.10. The Morgan fingerprint density at radius 2 is 2.07 bits per heavy atom. The van der Waals surface area contributed by atoms with E-state index in [1.165, 1.54) is 0 Å². The summed E-state index contributed by atoms with van der Waals surface area (Å²) in [4.78, 5) is 4.56. The minimum atomic E-state index is 0.479. The summed E-state index contributed by atoms with van der Waals surface area (Å²) >= 11 is 0. The minimum absolute atomic E-state index is 0.479. The molecule has 0 atom stereocenters. The number of methoxy groups -OCH3 is 2. The first-order valence-corrected chi connectivity index (χ1v) is 4.78. The van der Waals surface area contributed by atoms with Gasteiger partial charge in [0.25, 0.3) is 0 Å². The van der Waals surface area contributed by atoms with Crippen molar-refractivity contribution in [3.8, 4) is 5.75 Å². The molecule has 0 bridgehead atoms. The van der Waals surface area contributed by atoms with Crippen LogP contribution in [0, 0.1) is 0 Å². The van der Waals surface area contributed by atoms with Crippen molar-refractivity contribution < 1.29 is 14.3 Å². The molecule has 0 amide bonds. The van der Waals surface area contributed by atoms with Crippen molar-refractivity contribution in [3.63, 3.8) is 0 Å². The molecular weight excluding hydrogens is 194 g/mol. The van der Waals surface area contributed by atoms with Gasteiger partial charge in [-0.25, -0.2) is 5.90 Å². The number of ether oxygens (including phenoxy) is 2. The van der Waals surface area contributed by atoms with Gasteiger partial charge in [-0.3, -0.25) is 0 Å². The van der Waals surface area contributed by atoms with Gasteiger partial charge in [0.1, 0.15) is 5.75 Å². The van der Waals surface area contributed by atoms with Crippen molar-refractivity contribution in [3.05, 3.63) is 29.3 Å². The number of nitrogens with two attached hydrogens (primary N) is 1. The van der Waals surface area contributed by atoms with Gasteiger partial charge < -0.3 is 14.3 Å². The highest BCUT2D eigenvalue weighted by Gasteiger charge is 2.04. The van der Waals surface area contributed by atoms with Crippen molar-refractivity contribution in [1.29, 1.82) is 0 Å². The zero-order valence-corrected chi connectivity index (χ0v) is 9.16. The Morgan fingerprint density at radius 3 is 2.67 bits per heavy atom. The van der Waals surface area contributed by atoms with E-state index in [2.05, 4.69) is 4.84 Å². The standard InChI is InChI=1S/C11H17NO3/c1-13-8-9-3-4-11(14-2)10(7-9)5-6-15-12/h3-4,7H,5-6,8,12H2,1-2H3. The van der Waals surface area contributed by atoms with Crippen LogP contribution < -0.4 is 10.6 Å².